The van der Waals surface area contributed by atoms with Crippen LogP contribution in [0.4, 0.5) is 0 Å². The summed E-state index contributed by atoms with van der Waals surface area (Å²) in [5.41, 5.74) is 1.62. The number of allylic oxidation sites excluding steroid dienone is 1. The molecule has 3 heterocycles. The maximum Gasteiger partial charge on any atom is 0.338 e. The quantitative estimate of drug-likeness (QED) is 0.600. The molecule has 0 spiro atoms. The van der Waals surface area contributed by atoms with Gasteiger partial charge >= 0.3 is 5.97 Å². The van der Waals surface area contributed by atoms with E-state index in [1.54, 1.807) is 23.6 Å². The highest BCUT2D eigenvalue weighted by Gasteiger charge is 2.33. The molecular formula is C20H15ClN2O3S2. The number of thiophene rings is 1. The number of hydrogen-bond donors (Lipinski definition) is 0. The third-order valence-corrected chi connectivity index (χ3v) is 6.57. The SMILES string of the molecule is COC(=O)C1=C(C)N=c2s/c(=C\c3ccc(Cl)cc3)c(=O)n2C1c1cccs1. The van der Waals surface area contributed by atoms with Crippen molar-refractivity contribution in [3.05, 3.63) is 88.2 Å². The summed E-state index contributed by atoms with van der Waals surface area (Å²) in [4.78, 5) is 31.7. The Hall–Kier alpha value is -2.48. The number of hydrogen-bond acceptors (Lipinski definition) is 6. The Labute approximate surface area is 173 Å². The molecule has 0 amide bonds. The molecule has 0 bridgehead atoms. The minimum atomic E-state index is -0.545. The van der Waals surface area contributed by atoms with Gasteiger partial charge in [0.1, 0.15) is 6.04 Å². The minimum absolute atomic E-state index is 0.189. The molecule has 0 fully saturated rings. The minimum Gasteiger partial charge on any atom is -0.466 e. The largest absolute Gasteiger partial charge is 0.466 e. The van der Waals surface area contributed by atoms with Gasteiger partial charge in [-0.25, -0.2) is 9.79 Å². The molecule has 8 heteroatoms. The van der Waals surface area contributed by atoms with Crippen molar-refractivity contribution in [2.45, 2.75) is 13.0 Å². The zero-order chi connectivity index (χ0) is 19.8. The Morgan fingerprint density at radius 2 is 2.04 bits per heavy atom. The van der Waals surface area contributed by atoms with Gasteiger partial charge in [-0.1, -0.05) is 41.1 Å². The van der Waals surface area contributed by atoms with E-state index in [0.717, 1.165) is 10.4 Å². The molecule has 1 aromatic carbocycles. The summed E-state index contributed by atoms with van der Waals surface area (Å²) in [5.74, 6) is -0.480. The predicted octanol–water partition coefficient (Wildman–Crippen LogP) is 3.12. The Kier molecular flexibility index (Phi) is 5.05. The first-order valence-electron chi connectivity index (χ1n) is 8.39. The third kappa shape index (κ3) is 3.26. The highest BCUT2D eigenvalue weighted by molar-refractivity contribution is 7.10. The van der Waals surface area contributed by atoms with Crippen molar-refractivity contribution >= 4 is 46.3 Å². The van der Waals surface area contributed by atoms with Crippen LogP contribution >= 0.6 is 34.3 Å². The van der Waals surface area contributed by atoms with Crippen molar-refractivity contribution in [1.29, 1.82) is 0 Å². The standard InChI is InChI=1S/C20H15ClN2O3S2/c1-11-16(19(25)26-2)17(14-4-3-9-27-14)23-18(24)15(28-20(23)22-11)10-12-5-7-13(21)8-6-12/h3-10,17H,1-2H3/b15-10-. The van der Waals surface area contributed by atoms with Crippen LogP contribution in [0.5, 0.6) is 0 Å². The van der Waals surface area contributed by atoms with Gasteiger partial charge in [0.15, 0.2) is 4.80 Å². The molecule has 1 aliphatic rings. The number of halogens is 1. The second kappa shape index (κ2) is 7.50. The summed E-state index contributed by atoms with van der Waals surface area (Å²) < 4.78 is 7.10. The van der Waals surface area contributed by atoms with E-state index in [0.29, 0.717) is 25.6 Å². The molecule has 0 N–H and O–H groups in total. The van der Waals surface area contributed by atoms with E-state index in [2.05, 4.69) is 4.99 Å². The van der Waals surface area contributed by atoms with E-state index < -0.39 is 12.0 Å². The lowest BCUT2D eigenvalue weighted by Gasteiger charge is -2.22. The van der Waals surface area contributed by atoms with Crippen molar-refractivity contribution in [1.82, 2.24) is 4.57 Å². The number of methoxy groups -OCH3 is 1. The Bertz CT molecular complexity index is 1250. The average Bonchev–Trinajstić information content (AvgIpc) is 3.31. The summed E-state index contributed by atoms with van der Waals surface area (Å²) >= 11 is 8.73. The molecule has 142 valence electrons. The smallest absolute Gasteiger partial charge is 0.338 e. The molecule has 1 aliphatic heterocycles. The highest BCUT2D eigenvalue weighted by atomic mass is 35.5. The maximum atomic E-state index is 13.2. The van der Waals surface area contributed by atoms with Crippen molar-refractivity contribution in [2.24, 2.45) is 4.99 Å². The van der Waals surface area contributed by atoms with Crippen molar-refractivity contribution in [3.8, 4) is 0 Å². The predicted molar refractivity (Wildman–Crippen MR) is 112 cm³/mol. The number of benzene rings is 1. The second-order valence-corrected chi connectivity index (χ2v) is 8.57. The van der Waals surface area contributed by atoms with Gasteiger partial charge in [-0.15, -0.1) is 11.3 Å². The van der Waals surface area contributed by atoms with Gasteiger partial charge in [0.25, 0.3) is 5.56 Å². The van der Waals surface area contributed by atoms with Crippen LogP contribution in [0.3, 0.4) is 0 Å². The monoisotopic (exact) mass is 430 g/mol. The van der Waals surface area contributed by atoms with Gasteiger partial charge in [0, 0.05) is 9.90 Å². The Balaban J connectivity index is 1.96. The van der Waals surface area contributed by atoms with E-state index in [1.165, 1.54) is 29.8 Å². The summed E-state index contributed by atoms with van der Waals surface area (Å²) in [5, 5.41) is 2.55. The Morgan fingerprint density at radius 3 is 2.68 bits per heavy atom. The van der Waals surface area contributed by atoms with E-state index in [-0.39, 0.29) is 5.56 Å². The topological polar surface area (TPSA) is 60.7 Å². The number of carbonyl (C=O) groups excluding carboxylic acids is 1. The van der Waals surface area contributed by atoms with Crippen LogP contribution in [0, 0.1) is 0 Å². The molecule has 3 aromatic rings. The number of nitrogens with zero attached hydrogens (tertiary/aromatic N) is 2. The molecule has 0 aliphatic carbocycles. The Morgan fingerprint density at radius 1 is 1.29 bits per heavy atom. The van der Waals surface area contributed by atoms with Crippen LogP contribution < -0.4 is 14.9 Å². The summed E-state index contributed by atoms with van der Waals surface area (Å²) in [6.45, 7) is 1.77. The molecule has 1 atom stereocenters. The fraction of sp³-hybridized carbons (Fsp3) is 0.150. The number of aromatic nitrogens is 1. The molecular weight excluding hydrogens is 416 g/mol. The van der Waals surface area contributed by atoms with Crippen molar-refractivity contribution < 1.29 is 9.53 Å². The van der Waals surface area contributed by atoms with Gasteiger partial charge in [-0.05, 0) is 42.1 Å². The second-order valence-electron chi connectivity index (χ2n) is 6.14. The molecule has 1 unspecified atom stereocenters. The van der Waals surface area contributed by atoms with E-state index in [1.807, 2.05) is 35.7 Å². The zero-order valence-electron chi connectivity index (χ0n) is 15.0. The van der Waals surface area contributed by atoms with Crippen LogP contribution in [0.25, 0.3) is 6.08 Å². The van der Waals surface area contributed by atoms with Crippen LogP contribution in [-0.2, 0) is 9.53 Å². The number of ether oxygens (including phenoxy) is 1. The van der Waals surface area contributed by atoms with E-state index in [9.17, 15) is 9.59 Å². The molecule has 4 rings (SSSR count). The summed E-state index contributed by atoms with van der Waals surface area (Å²) in [6, 6.07) is 10.5. The molecule has 2 aromatic heterocycles. The highest BCUT2D eigenvalue weighted by Crippen LogP contribution is 2.32. The number of esters is 1. The van der Waals surface area contributed by atoms with Gasteiger partial charge in [-0.3, -0.25) is 9.36 Å². The van der Waals surface area contributed by atoms with Gasteiger partial charge in [0.05, 0.1) is 22.9 Å². The lowest BCUT2D eigenvalue weighted by molar-refractivity contribution is -0.136. The van der Waals surface area contributed by atoms with E-state index >= 15 is 0 Å². The normalized spacial score (nSPS) is 16.7. The summed E-state index contributed by atoms with van der Waals surface area (Å²) in [6.07, 6.45) is 1.81. The first-order valence-corrected chi connectivity index (χ1v) is 10.5. The fourth-order valence-corrected chi connectivity index (χ4v) is 5.12. The number of thiazole rings is 1. The molecule has 0 radical (unpaired) electrons. The molecule has 28 heavy (non-hydrogen) atoms. The van der Waals surface area contributed by atoms with Gasteiger partial charge in [0.2, 0.25) is 0 Å². The fourth-order valence-electron chi connectivity index (χ4n) is 3.12. The molecule has 5 nitrogen and oxygen atoms in total. The van der Waals surface area contributed by atoms with Crippen molar-refractivity contribution in [3.63, 3.8) is 0 Å². The van der Waals surface area contributed by atoms with Crippen LogP contribution in [0.15, 0.2) is 62.8 Å². The lowest BCUT2D eigenvalue weighted by atomic mass is 10.0. The van der Waals surface area contributed by atoms with Gasteiger partial charge in [-0.2, -0.15) is 0 Å². The zero-order valence-corrected chi connectivity index (χ0v) is 17.4. The van der Waals surface area contributed by atoms with E-state index in [4.69, 9.17) is 16.3 Å². The van der Waals surface area contributed by atoms with Crippen molar-refractivity contribution in [2.75, 3.05) is 7.11 Å². The molecule has 0 saturated heterocycles. The van der Waals surface area contributed by atoms with Crippen LogP contribution in [0.1, 0.15) is 23.4 Å². The average molecular weight is 431 g/mol. The molecule has 0 saturated carbocycles. The van der Waals surface area contributed by atoms with Gasteiger partial charge < -0.3 is 4.74 Å². The maximum absolute atomic E-state index is 13.2. The van der Waals surface area contributed by atoms with Crippen LogP contribution in [0.2, 0.25) is 5.02 Å². The lowest BCUT2D eigenvalue weighted by Crippen LogP contribution is -2.39. The van der Waals surface area contributed by atoms with Crippen LogP contribution in [-0.4, -0.2) is 17.6 Å². The summed E-state index contributed by atoms with van der Waals surface area (Å²) in [7, 11) is 1.33. The number of rotatable bonds is 3. The number of fused-ring (bicyclic) bond motifs is 1. The number of carbonyl (C=O) groups is 1. The first kappa shape index (κ1) is 18.9. The third-order valence-electron chi connectivity index (χ3n) is 4.41. The first-order chi connectivity index (χ1) is 13.5.